The number of hydrogen-bond acceptors (Lipinski definition) is 4. The highest BCUT2D eigenvalue weighted by molar-refractivity contribution is 5.54. The smallest absolute Gasteiger partial charge is 0.0992 e. The van der Waals surface area contributed by atoms with E-state index >= 15 is 0 Å². The first kappa shape index (κ1) is 12.9. The Morgan fingerprint density at radius 1 is 1.56 bits per heavy atom. The van der Waals surface area contributed by atoms with Crippen LogP contribution in [-0.2, 0) is 0 Å². The molecule has 0 aromatic heterocycles. The maximum Gasteiger partial charge on any atom is 0.0992 e. The molecule has 0 saturated carbocycles. The molecular formula is C14H19N3O. The molecule has 1 aliphatic heterocycles. The first-order valence-electron chi connectivity index (χ1n) is 6.19. The van der Waals surface area contributed by atoms with E-state index in [0.29, 0.717) is 5.56 Å². The van der Waals surface area contributed by atoms with Crippen LogP contribution in [0, 0.1) is 11.3 Å². The first-order valence-corrected chi connectivity index (χ1v) is 6.19. The van der Waals surface area contributed by atoms with Gasteiger partial charge in [-0.15, -0.1) is 0 Å². The largest absolute Gasteiger partial charge is 0.395 e. The zero-order chi connectivity index (χ0) is 13.2. The fraction of sp³-hybridized carbons (Fsp3) is 0.500. The van der Waals surface area contributed by atoms with Gasteiger partial charge in [-0.1, -0.05) is 6.07 Å². The number of nitrogens with zero attached hydrogens (tertiary/aromatic N) is 2. The lowest BCUT2D eigenvalue weighted by molar-refractivity contribution is 0.210. The molecule has 1 heterocycles. The minimum atomic E-state index is -0.0280. The van der Waals surface area contributed by atoms with Gasteiger partial charge in [0.15, 0.2) is 0 Å². The summed E-state index contributed by atoms with van der Waals surface area (Å²) in [7, 11) is 0. The van der Waals surface area contributed by atoms with Gasteiger partial charge in [-0.2, -0.15) is 5.26 Å². The summed E-state index contributed by atoms with van der Waals surface area (Å²) in [6.45, 7) is 6.01. The molecule has 2 N–H and O–H groups in total. The maximum absolute atomic E-state index is 9.29. The number of benzene rings is 1. The van der Waals surface area contributed by atoms with E-state index in [2.05, 4.69) is 30.1 Å². The molecule has 2 rings (SSSR count). The molecule has 0 amide bonds. The summed E-state index contributed by atoms with van der Waals surface area (Å²) in [6, 6.07) is 9.89. The third-order valence-corrected chi connectivity index (χ3v) is 3.46. The molecule has 0 bridgehead atoms. The van der Waals surface area contributed by atoms with E-state index < -0.39 is 0 Å². The summed E-state index contributed by atoms with van der Waals surface area (Å²) < 4.78 is 0. The fourth-order valence-corrected chi connectivity index (χ4v) is 2.34. The molecule has 1 unspecified atom stereocenters. The summed E-state index contributed by atoms with van der Waals surface area (Å²) >= 11 is 0. The number of aliphatic hydroxyl groups excluding tert-OH is 1. The summed E-state index contributed by atoms with van der Waals surface area (Å²) in [5.41, 5.74) is 1.68. The predicted octanol–water partition coefficient (Wildman–Crippen LogP) is 1.11. The van der Waals surface area contributed by atoms with Crippen LogP contribution in [-0.4, -0.2) is 36.4 Å². The van der Waals surface area contributed by atoms with Gasteiger partial charge in [-0.25, -0.2) is 0 Å². The second-order valence-electron chi connectivity index (χ2n) is 5.35. The van der Waals surface area contributed by atoms with Crippen molar-refractivity contribution in [3.8, 4) is 6.07 Å². The minimum Gasteiger partial charge on any atom is -0.395 e. The normalized spacial score (nSPS) is 22.6. The average molecular weight is 245 g/mol. The van der Waals surface area contributed by atoms with Crippen LogP contribution in [0.5, 0.6) is 0 Å². The summed E-state index contributed by atoms with van der Waals surface area (Å²) in [5, 5.41) is 21.6. The van der Waals surface area contributed by atoms with Crippen molar-refractivity contribution in [1.29, 1.82) is 5.26 Å². The van der Waals surface area contributed by atoms with Crippen LogP contribution in [0.15, 0.2) is 24.3 Å². The van der Waals surface area contributed by atoms with Crippen molar-refractivity contribution in [3.63, 3.8) is 0 Å². The highest BCUT2D eigenvalue weighted by Crippen LogP contribution is 2.27. The second kappa shape index (κ2) is 4.97. The molecule has 1 aliphatic rings. The summed E-state index contributed by atoms with van der Waals surface area (Å²) in [4.78, 5) is 2.26. The van der Waals surface area contributed by atoms with Crippen molar-refractivity contribution in [2.24, 2.45) is 0 Å². The number of nitrogens with one attached hydrogen (secondary N) is 1. The Balaban J connectivity index is 2.30. The number of hydrogen-bond donors (Lipinski definition) is 2. The second-order valence-corrected chi connectivity index (χ2v) is 5.35. The van der Waals surface area contributed by atoms with Gasteiger partial charge < -0.3 is 15.3 Å². The molecule has 4 nitrogen and oxygen atoms in total. The average Bonchev–Trinajstić information content (AvgIpc) is 2.38. The SMILES string of the molecule is CC1(C)CNC(CO)CN1c1cccc(C#N)c1. The molecule has 18 heavy (non-hydrogen) atoms. The molecule has 1 aromatic carbocycles. The van der Waals surface area contributed by atoms with Crippen LogP contribution in [0.4, 0.5) is 5.69 Å². The van der Waals surface area contributed by atoms with Gasteiger partial charge in [0, 0.05) is 30.4 Å². The summed E-state index contributed by atoms with van der Waals surface area (Å²) in [6.07, 6.45) is 0. The number of nitriles is 1. The monoisotopic (exact) mass is 245 g/mol. The Bertz CT molecular complexity index is 464. The Hall–Kier alpha value is -1.57. The van der Waals surface area contributed by atoms with Crippen molar-refractivity contribution < 1.29 is 5.11 Å². The molecule has 0 radical (unpaired) electrons. The van der Waals surface area contributed by atoms with Gasteiger partial charge in [-0.3, -0.25) is 0 Å². The molecule has 1 atom stereocenters. The van der Waals surface area contributed by atoms with E-state index in [1.54, 1.807) is 0 Å². The standard InChI is InChI=1S/C14H19N3O/c1-14(2)10-16-12(9-18)8-17(14)13-5-3-4-11(6-13)7-15/h3-6,12,16,18H,8-10H2,1-2H3. The molecule has 1 saturated heterocycles. The Kier molecular flexibility index (Phi) is 3.55. The lowest BCUT2D eigenvalue weighted by atomic mass is 9.96. The Morgan fingerprint density at radius 2 is 2.33 bits per heavy atom. The lowest BCUT2D eigenvalue weighted by Gasteiger charge is -2.47. The highest BCUT2D eigenvalue weighted by atomic mass is 16.3. The lowest BCUT2D eigenvalue weighted by Crippen LogP contribution is -2.63. The van der Waals surface area contributed by atoms with Gasteiger partial charge >= 0.3 is 0 Å². The van der Waals surface area contributed by atoms with Crippen molar-refractivity contribution in [1.82, 2.24) is 5.32 Å². The first-order chi connectivity index (χ1) is 8.56. The molecule has 96 valence electrons. The zero-order valence-electron chi connectivity index (χ0n) is 10.8. The predicted molar refractivity (Wildman–Crippen MR) is 71.5 cm³/mol. The maximum atomic E-state index is 9.29. The van der Waals surface area contributed by atoms with Crippen LogP contribution in [0.2, 0.25) is 0 Å². The van der Waals surface area contributed by atoms with Crippen molar-refractivity contribution in [2.45, 2.75) is 25.4 Å². The minimum absolute atomic E-state index is 0.0280. The number of piperazine rings is 1. The van der Waals surface area contributed by atoms with Crippen LogP contribution < -0.4 is 10.2 Å². The molecular weight excluding hydrogens is 226 g/mol. The number of aliphatic hydroxyl groups is 1. The Labute approximate surface area is 108 Å². The third kappa shape index (κ3) is 2.47. The van der Waals surface area contributed by atoms with Gasteiger partial charge in [0.2, 0.25) is 0 Å². The van der Waals surface area contributed by atoms with E-state index in [0.717, 1.165) is 18.8 Å². The van der Waals surface area contributed by atoms with Crippen LogP contribution in [0.3, 0.4) is 0 Å². The van der Waals surface area contributed by atoms with E-state index in [4.69, 9.17) is 5.26 Å². The van der Waals surface area contributed by atoms with Gasteiger partial charge in [0.25, 0.3) is 0 Å². The van der Waals surface area contributed by atoms with Crippen molar-refractivity contribution in [2.75, 3.05) is 24.6 Å². The molecule has 0 aliphatic carbocycles. The third-order valence-electron chi connectivity index (χ3n) is 3.46. The topological polar surface area (TPSA) is 59.3 Å². The van der Waals surface area contributed by atoms with Gasteiger partial charge in [-0.05, 0) is 32.0 Å². The van der Waals surface area contributed by atoms with Gasteiger partial charge in [0.05, 0.1) is 18.2 Å². The molecule has 1 aromatic rings. The number of rotatable bonds is 2. The van der Waals surface area contributed by atoms with E-state index in [-0.39, 0.29) is 18.2 Å². The van der Waals surface area contributed by atoms with E-state index in [1.165, 1.54) is 0 Å². The van der Waals surface area contributed by atoms with Gasteiger partial charge in [0.1, 0.15) is 0 Å². The highest BCUT2D eigenvalue weighted by Gasteiger charge is 2.33. The van der Waals surface area contributed by atoms with Crippen LogP contribution in [0.25, 0.3) is 0 Å². The quantitative estimate of drug-likeness (QED) is 0.819. The fourth-order valence-electron chi connectivity index (χ4n) is 2.34. The van der Waals surface area contributed by atoms with Crippen molar-refractivity contribution >= 4 is 5.69 Å². The van der Waals surface area contributed by atoms with E-state index in [1.807, 2.05) is 24.3 Å². The van der Waals surface area contributed by atoms with E-state index in [9.17, 15) is 5.11 Å². The number of anilines is 1. The molecule has 1 fully saturated rings. The Morgan fingerprint density at radius 3 is 3.00 bits per heavy atom. The molecule has 4 heteroatoms. The van der Waals surface area contributed by atoms with Crippen molar-refractivity contribution in [3.05, 3.63) is 29.8 Å². The summed E-state index contributed by atoms with van der Waals surface area (Å²) in [5.74, 6) is 0. The van der Waals surface area contributed by atoms with Crippen LogP contribution >= 0.6 is 0 Å². The zero-order valence-corrected chi connectivity index (χ0v) is 10.8. The molecule has 0 spiro atoms. The van der Waals surface area contributed by atoms with Crippen LogP contribution in [0.1, 0.15) is 19.4 Å².